The van der Waals surface area contributed by atoms with Crippen LogP contribution in [0.5, 0.6) is 0 Å². The van der Waals surface area contributed by atoms with Crippen LogP contribution in [0.4, 0.5) is 0 Å². The van der Waals surface area contributed by atoms with Gasteiger partial charge in [-0.2, -0.15) is 0 Å². The van der Waals surface area contributed by atoms with Gasteiger partial charge in [-0.25, -0.2) is 0 Å². The van der Waals surface area contributed by atoms with Crippen LogP contribution in [0.15, 0.2) is 11.5 Å². The molecular weight excluding hydrogens is 160 g/mol. The van der Waals surface area contributed by atoms with Gasteiger partial charge < -0.3 is 0 Å². The predicted octanol–water partition coefficient (Wildman–Crippen LogP) is 2.01. The van der Waals surface area contributed by atoms with Crippen molar-refractivity contribution in [2.75, 3.05) is 5.75 Å². The highest BCUT2D eigenvalue weighted by Crippen LogP contribution is 2.19. The molecule has 1 aliphatic rings. The second-order valence-electron chi connectivity index (χ2n) is 1.18. The Morgan fingerprint density at radius 1 is 1.83 bits per heavy atom. The molecule has 0 saturated heterocycles. The van der Waals surface area contributed by atoms with Crippen LogP contribution in [0.2, 0.25) is 0 Å². The number of thioether (sulfide) groups is 1. The van der Waals surface area contributed by atoms with E-state index in [9.17, 15) is 0 Å². The van der Waals surface area contributed by atoms with Crippen molar-refractivity contribution in [2.45, 2.75) is 4.83 Å². The van der Waals surface area contributed by atoms with Crippen LogP contribution in [0, 0.1) is 0 Å². The molecule has 0 saturated carbocycles. The number of halogens is 1. The molecular formula is C4H5BrS. The van der Waals surface area contributed by atoms with E-state index in [1.165, 1.54) is 5.75 Å². The highest BCUT2D eigenvalue weighted by atomic mass is 79.9. The number of rotatable bonds is 0. The van der Waals surface area contributed by atoms with Crippen LogP contribution in [-0.4, -0.2) is 10.6 Å². The molecule has 2 heteroatoms. The van der Waals surface area contributed by atoms with E-state index in [-0.39, 0.29) is 0 Å². The van der Waals surface area contributed by atoms with Crippen LogP contribution in [0.3, 0.4) is 0 Å². The molecule has 0 radical (unpaired) electrons. The maximum Gasteiger partial charge on any atom is 0.0427 e. The van der Waals surface area contributed by atoms with Crippen molar-refractivity contribution in [1.29, 1.82) is 0 Å². The second-order valence-corrected chi connectivity index (χ2v) is 3.29. The molecule has 0 bridgehead atoms. The molecule has 34 valence electrons. The predicted molar refractivity (Wildman–Crippen MR) is 34.3 cm³/mol. The van der Waals surface area contributed by atoms with Gasteiger partial charge in [-0.1, -0.05) is 22.0 Å². The van der Waals surface area contributed by atoms with Gasteiger partial charge in [0.2, 0.25) is 0 Å². The number of allylic oxidation sites excluding steroid dienone is 1. The molecule has 0 aromatic rings. The maximum absolute atomic E-state index is 3.43. The normalized spacial score (nSPS) is 31.8. The smallest absolute Gasteiger partial charge is 0.0427 e. The minimum Gasteiger partial charge on any atom is -0.133 e. The van der Waals surface area contributed by atoms with E-state index in [1.54, 1.807) is 0 Å². The maximum atomic E-state index is 3.43. The van der Waals surface area contributed by atoms with Crippen LogP contribution in [-0.2, 0) is 0 Å². The number of alkyl halides is 1. The van der Waals surface area contributed by atoms with Gasteiger partial charge in [0.05, 0.1) is 0 Å². The van der Waals surface area contributed by atoms with E-state index in [4.69, 9.17) is 0 Å². The first-order valence-corrected chi connectivity index (χ1v) is 3.78. The quantitative estimate of drug-likeness (QED) is 0.494. The Morgan fingerprint density at radius 3 is 2.83 bits per heavy atom. The summed E-state index contributed by atoms with van der Waals surface area (Å²) in [5.74, 6) is 1.21. The van der Waals surface area contributed by atoms with Gasteiger partial charge in [0, 0.05) is 10.6 Å². The first kappa shape index (κ1) is 4.72. The van der Waals surface area contributed by atoms with E-state index in [0.29, 0.717) is 4.83 Å². The van der Waals surface area contributed by atoms with E-state index in [2.05, 4.69) is 27.4 Å². The van der Waals surface area contributed by atoms with Gasteiger partial charge in [-0.05, 0) is 5.41 Å². The Hall–Kier alpha value is 0.570. The zero-order valence-corrected chi connectivity index (χ0v) is 5.63. The summed E-state index contributed by atoms with van der Waals surface area (Å²) in [5, 5.41) is 2.12. The minimum absolute atomic E-state index is 0.641. The fourth-order valence-electron chi connectivity index (χ4n) is 0.344. The molecule has 0 aliphatic carbocycles. The lowest BCUT2D eigenvalue weighted by Crippen LogP contribution is -1.86. The Morgan fingerprint density at radius 2 is 2.67 bits per heavy atom. The van der Waals surface area contributed by atoms with Gasteiger partial charge in [0.25, 0.3) is 0 Å². The number of hydrogen-bond acceptors (Lipinski definition) is 1. The molecule has 1 heterocycles. The summed E-state index contributed by atoms with van der Waals surface area (Å²) in [6.45, 7) is 0. The summed E-state index contributed by atoms with van der Waals surface area (Å²) >= 11 is 5.29. The lowest BCUT2D eigenvalue weighted by molar-refractivity contribution is 1.33. The van der Waals surface area contributed by atoms with E-state index in [0.717, 1.165) is 0 Å². The summed E-state index contributed by atoms with van der Waals surface area (Å²) in [7, 11) is 0. The van der Waals surface area contributed by atoms with Gasteiger partial charge in [0.15, 0.2) is 0 Å². The van der Waals surface area contributed by atoms with Crippen LogP contribution in [0.1, 0.15) is 0 Å². The molecule has 0 aromatic heterocycles. The Kier molecular flexibility index (Phi) is 1.60. The molecule has 0 spiro atoms. The Bertz CT molecular complexity index is 69.9. The van der Waals surface area contributed by atoms with E-state index >= 15 is 0 Å². The molecule has 0 unspecified atom stereocenters. The lowest BCUT2D eigenvalue weighted by Gasteiger charge is -1.86. The van der Waals surface area contributed by atoms with Crippen molar-refractivity contribution in [1.82, 2.24) is 0 Å². The lowest BCUT2D eigenvalue weighted by atomic mass is 10.5. The van der Waals surface area contributed by atoms with Gasteiger partial charge in [0.1, 0.15) is 0 Å². The first-order chi connectivity index (χ1) is 2.89. The average Bonchev–Trinajstić information content (AvgIpc) is 1.86. The molecule has 0 fully saturated rings. The molecule has 1 rings (SSSR count). The first-order valence-electron chi connectivity index (χ1n) is 1.82. The topological polar surface area (TPSA) is 0 Å². The third kappa shape index (κ3) is 1.02. The monoisotopic (exact) mass is 164 g/mol. The van der Waals surface area contributed by atoms with Gasteiger partial charge in [-0.3, -0.25) is 0 Å². The summed E-state index contributed by atoms with van der Waals surface area (Å²) < 4.78 is 0. The highest BCUT2D eigenvalue weighted by molar-refractivity contribution is 9.09. The highest BCUT2D eigenvalue weighted by Gasteiger charge is 2.01. The van der Waals surface area contributed by atoms with Crippen molar-refractivity contribution < 1.29 is 0 Å². The largest absolute Gasteiger partial charge is 0.133 e. The zero-order valence-electron chi connectivity index (χ0n) is 3.23. The molecule has 0 aromatic carbocycles. The SMILES string of the molecule is Br[C@@H]1C=CSC1. The number of hydrogen-bond donors (Lipinski definition) is 0. The molecule has 0 amide bonds. The minimum atomic E-state index is 0.641. The van der Waals surface area contributed by atoms with Crippen molar-refractivity contribution in [3.8, 4) is 0 Å². The summed E-state index contributed by atoms with van der Waals surface area (Å²) in [4.78, 5) is 0.641. The zero-order chi connectivity index (χ0) is 4.41. The average molecular weight is 165 g/mol. The fourth-order valence-corrected chi connectivity index (χ4v) is 1.86. The summed E-state index contributed by atoms with van der Waals surface area (Å²) in [5.41, 5.74) is 0. The van der Waals surface area contributed by atoms with E-state index in [1.807, 2.05) is 11.8 Å². The Labute approximate surface area is 50.1 Å². The van der Waals surface area contributed by atoms with Crippen molar-refractivity contribution in [3.63, 3.8) is 0 Å². The van der Waals surface area contributed by atoms with Crippen molar-refractivity contribution >= 4 is 27.7 Å². The van der Waals surface area contributed by atoms with Crippen LogP contribution >= 0.6 is 27.7 Å². The molecule has 1 atom stereocenters. The standard InChI is InChI=1S/C4H5BrS/c5-4-1-2-6-3-4/h1-2,4H,3H2/t4-/m1/s1. The van der Waals surface area contributed by atoms with Crippen molar-refractivity contribution in [3.05, 3.63) is 11.5 Å². The molecule has 0 nitrogen and oxygen atoms in total. The van der Waals surface area contributed by atoms with Crippen molar-refractivity contribution in [2.24, 2.45) is 0 Å². The second kappa shape index (κ2) is 2.03. The molecule has 6 heavy (non-hydrogen) atoms. The summed E-state index contributed by atoms with van der Waals surface area (Å²) in [6, 6.07) is 0. The molecule has 0 N–H and O–H groups in total. The van der Waals surface area contributed by atoms with Crippen LogP contribution in [0.25, 0.3) is 0 Å². The van der Waals surface area contributed by atoms with E-state index < -0.39 is 0 Å². The fraction of sp³-hybridized carbons (Fsp3) is 0.500. The van der Waals surface area contributed by atoms with Crippen LogP contribution < -0.4 is 0 Å². The van der Waals surface area contributed by atoms with Gasteiger partial charge >= 0.3 is 0 Å². The Balaban J connectivity index is 2.38. The molecule has 1 aliphatic heterocycles. The van der Waals surface area contributed by atoms with Gasteiger partial charge in [-0.15, -0.1) is 11.8 Å². The third-order valence-electron chi connectivity index (χ3n) is 0.639. The summed E-state index contributed by atoms with van der Waals surface area (Å²) in [6.07, 6.45) is 2.16. The third-order valence-corrected chi connectivity index (χ3v) is 2.60.